The van der Waals surface area contributed by atoms with Gasteiger partial charge in [0.25, 0.3) is 0 Å². The number of rotatable bonds is 2. The third kappa shape index (κ3) is 2.86. The first-order valence-electron chi connectivity index (χ1n) is 8.18. The highest BCUT2D eigenvalue weighted by Crippen LogP contribution is 2.40. The Kier molecular flexibility index (Phi) is 3.90. The fourth-order valence-corrected chi connectivity index (χ4v) is 4.88. The van der Waals surface area contributed by atoms with E-state index in [-0.39, 0.29) is 6.04 Å². The Bertz CT molecular complexity index is 1050. The molecule has 1 aliphatic rings. The fraction of sp³-hybridized carbons (Fsp3) is 0.263. The van der Waals surface area contributed by atoms with Gasteiger partial charge in [0.15, 0.2) is 0 Å². The minimum atomic E-state index is -3.33. The van der Waals surface area contributed by atoms with Crippen LogP contribution in [0.15, 0.2) is 42.5 Å². The molecule has 4 rings (SSSR count). The molecule has 2 heterocycles. The van der Waals surface area contributed by atoms with Crippen molar-refractivity contribution in [1.29, 1.82) is 0 Å². The van der Waals surface area contributed by atoms with Crippen LogP contribution in [-0.2, 0) is 16.4 Å². The standard InChI is InChI=1S/C19H19ClN2O2S/c1-12-3-5-13(6-4-12)19-18-15(9-10-22(19)25(2,23)24)16-11-14(20)7-8-17(16)21-18/h3-8,11,19,21H,9-10H2,1-2H3/t19-/m1/s1. The van der Waals surface area contributed by atoms with E-state index in [4.69, 9.17) is 11.6 Å². The van der Waals surface area contributed by atoms with Crippen LogP contribution in [0.2, 0.25) is 5.02 Å². The molecule has 0 fully saturated rings. The summed E-state index contributed by atoms with van der Waals surface area (Å²) in [7, 11) is -3.33. The van der Waals surface area contributed by atoms with Gasteiger partial charge in [-0.15, -0.1) is 0 Å². The van der Waals surface area contributed by atoms with E-state index in [1.807, 2.05) is 49.4 Å². The summed E-state index contributed by atoms with van der Waals surface area (Å²) in [5.74, 6) is 0. The molecular formula is C19H19ClN2O2S. The smallest absolute Gasteiger partial charge is 0.212 e. The molecule has 3 aromatic rings. The van der Waals surface area contributed by atoms with Crippen LogP contribution in [-0.4, -0.2) is 30.5 Å². The minimum Gasteiger partial charge on any atom is -0.357 e. The van der Waals surface area contributed by atoms with Crippen molar-refractivity contribution in [2.75, 3.05) is 12.8 Å². The average molecular weight is 375 g/mol. The van der Waals surface area contributed by atoms with Crippen molar-refractivity contribution in [2.45, 2.75) is 19.4 Å². The quantitative estimate of drug-likeness (QED) is 0.736. The average Bonchev–Trinajstić information content (AvgIpc) is 2.92. The predicted molar refractivity (Wildman–Crippen MR) is 102 cm³/mol. The Morgan fingerprint density at radius 3 is 2.56 bits per heavy atom. The van der Waals surface area contributed by atoms with Crippen molar-refractivity contribution in [2.24, 2.45) is 0 Å². The highest BCUT2D eigenvalue weighted by molar-refractivity contribution is 7.88. The first kappa shape index (κ1) is 16.6. The normalized spacial score (nSPS) is 18.4. The van der Waals surface area contributed by atoms with Gasteiger partial charge in [-0.3, -0.25) is 0 Å². The molecule has 1 aromatic heterocycles. The highest BCUT2D eigenvalue weighted by atomic mass is 35.5. The summed E-state index contributed by atoms with van der Waals surface area (Å²) >= 11 is 6.17. The van der Waals surface area contributed by atoms with Crippen molar-refractivity contribution in [3.8, 4) is 0 Å². The second kappa shape index (κ2) is 5.87. The number of aromatic nitrogens is 1. The predicted octanol–water partition coefficient (Wildman–Crippen LogP) is 4.04. The molecule has 1 N–H and O–H groups in total. The lowest BCUT2D eigenvalue weighted by molar-refractivity contribution is 0.343. The summed E-state index contributed by atoms with van der Waals surface area (Å²) in [5.41, 5.74) is 5.20. The molecule has 6 heteroatoms. The van der Waals surface area contributed by atoms with Crippen molar-refractivity contribution >= 4 is 32.5 Å². The largest absolute Gasteiger partial charge is 0.357 e. The van der Waals surface area contributed by atoms with Gasteiger partial charge in [0.1, 0.15) is 0 Å². The topological polar surface area (TPSA) is 53.2 Å². The van der Waals surface area contributed by atoms with Crippen LogP contribution in [0.5, 0.6) is 0 Å². The van der Waals surface area contributed by atoms with E-state index in [9.17, 15) is 8.42 Å². The van der Waals surface area contributed by atoms with Crippen LogP contribution < -0.4 is 0 Å². The van der Waals surface area contributed by atoms with Crippen LogP contribution >= 0.6 is 11.6 Å². The second-order valence-electron chi connectivity index (χ2n) is 6.64. The molecule has 0 bridgehead atoms. The summed E-state index contributed by atoms with van der Waals surface area (Å²) in [5, 5.41) is 1.76. The molecule has 4 nitrogen and oxygen atoms in total. The molecule has 0 radical (unpaired) electrons. The number of nitrogens with one attached hydrogen (secondary N) is 1. The number of fused-ring (bicyclic) bond motifs is 3. The first-order chi connectivity index (χ1) is 11.8. The number of hydrogen-bond acceptors (Lipinski definition) is 2. The molecule has 0 saturated carbocycles. The summed E-state index contributed by atoms with van der Waals surface area (Å²) in [4.78, 5) is 3.44. The van der Waals surface area contributed by atoms with Gasteiger partial charge in [-0.05, 0) is 42.7 Å². The number of H-pyrrole nitrogens is 1. The first-order valence-corrected chi connectivity index (χ1v) is 10.4. The molecule has 25 heavy (non-hydrogen) atoms. The zero-order valence-electron chi connectivity index (χ0n) is 14.1. The van der Waals surface area contributed by atoms with Crippen molar-refractivity contribution in [3.63, 3.8) is 0 Å². The number of aryl methyl sites for hydroxylation is 1. The molecule has 1 aliphatic heterocycles. The van der Waals surface area contributed by atoms with Crippen LogP contribution in [0.3, 0.4) is 0 Å². The SMILES string of the molecule is Cc1ccc([C@@H]2c3[nH]c4ccc(Cl)cc4c3CCN2S(C)(=O)=O)cc1. The Morgan fingerprint density at radius 1 is 1.16 bits per heavy atom. The Labute approximate surface area is 152 Å². The molecule has 130 valence electrons. The van der Waals surface area contributed by atoms with Gasteiger partial charge in [-0.1, -0.05) is 41.4 Å². The van der Waals surface area contributed by atoms with Gasteiger partial charge < -0.3 is 4.98 Å². The Balaban J connectivity index is 1.96. The highest BCUT2D eigenvalue weighted by Gasteiger charge is 2.36. The summed E-state index contributed by atoms with van der Waals surface area (Å²) in [6.07, 6.45) is 1.95. The summed E-state index contributed by atoms with van der Waals surface area (Å²) < 4.78 is 26.4. The van der Waals surface area contributed by atoms with Crippen molar-refractivity contribution < 1.29 is 8.42 Å². The van der Waals surface area contributed by atoms with Gasteiger partial charge in [0.05, 0.1) is 12.3 Å². The molecule has 0 spiro atoms. The van der Waals surface area contributed by atoms with Crippen LogP contribution in [0, 0.1) is 6.92 Å². The third-order valence-electron chi connectivity index (χ3n) is 4.86. The van der Waals surface area contributed by atoms with Crippen LogP contribution in [0.1, 0.15) is 28.4 Å². The lowest BCUT2D eigenvalue weighted by atomic mass is 9.94. The number of nitrogens with zero attached hydrogens (tertiary/aromatic N) is 1. The van der Waals surface area contributed by atoms with Crippen molar-refractivity contribution in [1.82, 2.24) is 9.29 Å². The van der Waals surface area contributed by atoms with E-state index >= 15 is 0 Å². The Morgan fingerprint density at radius 2 is 1.88 bits per heavy atom. The lowest BCUT2D eigenvalue weighted by Crippen LogP contribution is -2.39. The number of aromatic amines is 1. The van der Waals surface area contributed by atoms with E-state index in [0.717, 1.165) is 33.3 Å². The van der Waals surface area contributed by atoms with Gasteiger partial charge in [-0.25, -0.2) is 8.42 Å². The number of halogens is 1. The molecule has 2 aromatic carbocycles. The number of sulfonamides is 1. The zero-order chi connectivity index (χ0) is 17.8. The van der Waals surface area contributed by atoms with Crippen molar-refractivity contribution in [3.05, 3.63) is 69.9 Å². The maximum Gasteiger partial charge on any atom is 0.212 e. The molecule has 1 atom stereocenters. The molecule has 0 amide bonds. The second-order valence-corrected chi connectivity index (χ2v) is 9.02. The summed E-state index contributed by atoms with van der Waals surface area (Å²) in [6, 6.07) is 13.5. The number of benzene rings is 2. The Hall–Kier alpha value is -1.82. The van der Waals surface area contributed by atoms with Gasteiger partial charge >= 0.3 is 0 Å². The zero-order valence-corrected chi connectivity index (χ0v) is 15.7. The fourth-order valence-electron chi connectivity index (χ4n) is 3.68. The monoisotopic (exact) mass is 374 g/mol. The molecule has 0 unspecified atom stereocenters. The maximum absolute atomic E-state index is 12.4. The van der Waals surface area contributed by atoms with E-state index < -0.39 is 10.0 Å². The van der Waals surface area contributed by atoms with E-state index in [1.54, 1.807) is 4.31 Å². The number of hydrogen-bond donors (Lipinski definition) is 1. The lowest BCUT2D eigenvalue weighted by Gasteiger charge is -2.34. The van der Waals surface area contributed by atoms with Crippen LogP contribution in [0.4, 0.5) is 0 Å². The maximum atomic E-state index is 12.4. The van der Waals surface area contributed by atoms with Gasteiger partial charge in [-0.2, -0.15) is 4.31 Å². The van der Waals surface area contributed by atoms with E-state index in [2.05, 4.69) is 4.98 Å². The van der Waals surface area contributed by atoms with Gasteiger partial charge in [0.2, 0.25) is 10.0 Å². The van der Waals surface area contributed by atoms with Crippen LogP contribution in [0.25, 0.3) is 10.9 Å². The van der Waals surface area contributed by atoms with E-state index in [0.29, 0.717) is 18.0 Å². The third-order valence-corrected chi connectivity index (χ3v) is 6.34. The minimum absolute atomic E-state index is 0.342. The summed E-state index contributed by atoms with van der Waals surface area (Å²) in [6.45, 7) is 2.49. The molecule has 0 saturated heterocycles. The molecule has 0 aliphatic carbocycles. The van der Waals surface area contributed by atoms with E-state index in [1.165, 1.54) is 6.26 Å². The van der Waals surface area contributed by atoms with Gasteiger partial charge in [0, 0.05) is 28.2 Å². The molecular weight excluding hydrogens is 356 g/mol.